The Balaban J connectivity index is 3.06. The molecular weight excluding hydrogens is 188 g/mol. The van der Waals surface area contributed by atoms with Crippen LogP contribution in [0.2, 0.25) is 0 Å². The quantitative estimate of drug-likeness (QED) is 0.772. The number of hydrogen-bond acceptors (Lipinski definition) is 3. The van der Waals surface area contributed by atoms with E-state index in [0.29, 0.717) is 5.69 Å². The number of anilines is 2. The van der Waals surface area contributed by atoms with Gasteiger partial charge in [0.1, 0.15) is 5.75 Å². The van der Waals surface area contributed by atoms with Crippen molar-refractivity contribution in [1.29, 1.82) is 0 Å². The molecule has 3 heteroatoms. The lowest BCUT2D eigenvalue weighted by molar-refractivity contribution is 0.417. The van der Waals surface area contributed by atoms with Crippen LogP contribution < -0.4 is 15.4 Å². The summed E-state index contributed by atoms with van der Waals surface area (Å²) < 4.78 is 5.22. The maximum absolute atomic E-state index is 5.83. The molecule has 1 aromatic carbocycles. The van der Waals surface area contributed by atoms with Gasteiger partial charge >= 0.3 is 0 Å². The molecule has 0 amide bonds. The molecule has 0 heterocycles. The van der Waals surface area contributed by atoms with E-state index in [0.717, 1.165) is 18.7 Å². The Bertz CT molecular complexity index is 337. The SMILES string of the molecule is CCCN(C)c1cc(OC)c(N)cc1C. The Morgan fingerprint density at radius 1 is 1.40 bits per heavy atom. The molecule has 0 saturated carbocycles. The van der Waals surface area contributed by atoms with Crippen LogP contribution in [0, 0.1) is 6.92 Å². The van der Waals surface area contributed by atoms with Gasteiger partial charge in [0.15, 0.2) is 0 Å². The summed E-state index contributed by atoms with van der Waals surface area (Å²) in [7, 11) is 3.73. The number of ether oxygens (including phenoxy) is 1. The lowest BCUT2D eigenvalue weighted by Crippen LogP contribution is -2.19. The van der Waals surface area contributed by atoms with Crippen LogP contribution in [0.15, 0.2) is 12.1 Å². The molecule has 0 unspecified atom stereocenters. The molecule has 0 spiro atoms. The fourth-order valence-corrected chi connectivity index (χ4v) is 1.74. The second-order valence-corrected chi connectivity index (χ2v) is 3.80. The molecular formula is C12H20N2O. The second kappa shape index (κ2) is 4.91. The van der Waals surface area contributed by atoms with Crippen LogP contribution in [0.3, 0.4) is 0 Å². The molecule has 3 nitrogen and oxygen atoms in total. The van der Waals surface area contributed by atoms with Gasteiger partial charge in [0.2, 0.25) is 0 Å². The zero-order chi connectivity index (χ0) is 11.4. The van der Waals surface area contributed by atoms with Crippen LogP contribution in [0.1, 0.15) is 18.9 Å². The highest BCUT2D eigenvalue weighted by Crippen LogP contribution is 2.30. The Kier molecular flexibility index (Phi) is 3.83. The lowest BCUT2D eigenvalue weighted by atomic mass is 10.1. The van der Waals surface area contributed by atoms with E-state index in [4.69, 9.17) is 10.5 Å². The Hall–Kier alpha value is -1.38. The van der Waals surface area contributed by atoms with Gasteiger partial charge in [0.05, 0.1) is 12.8 Å². The van der Waals surface area contributed by atoms with Crippen LogP contribution in [0.4, 0.5) is 11.4 Å². The van der Waals surface area contributed by atoms with E-state index in [1.807, 2.05) is 12.1 Å². The minimum atomic E-state index is 0.698. The minimum absolute atomic E-state index is 0.698. The van der Waals surface area contributed by atoms with E-state index in [2.05, 4.69) is 25.8 Å². The van der Waals surface area contributed by atoms with Crippen molar-refractivity contribution in [1.82, 2.24) is 0 Å². The first kappa shape index (κ1) is 11.7. The Morgan fingerprint density at radius 3 is 2.60 bits per heavy atom. The summed E-state index contributed by atoms with van der Waals surface area (Å²) in [6.45, 7) is 5.27. The Labute approximate surface area is 91.8 Å². The maximum Gasteiger partial charge on any atom is 0.143 e. The molecule has 0 saturated heterocycles. The predicted octanol–water partition coefficient (Wildman–Crippen LogP) is 2.43. The van der Waals surface area contributed by atoms with Crippen LogP contribution in [-0.4, -0.2) is 20.7 Å². The number of nitrogens with zero attached hydrogens (tertiary/aromatic N) is 1. The van der Waals surface area contributed by atoms with Crippen molar-refractivity contribution in [2.75, 3.05) is 31.3 Å². The number of rotatable bonds is 4. The standard InChI is InChI=1S/C12H20N2O/c1-5-6-14(3)11-8-12(15-4)10(13)7-9(11)2/h7-8H,5-6,13H2,1-4H3. The third-order valence-corrected chi connectivity index (χ3v) is 2.52. The molecule has 0 aliphatic rings. The molecule has 0 fully saturated rings. The number of nitrogens with two attached hydrogens (primary N) is 1. The summed E-state index contributed by atoms with van der Waals surface area (Å²) in [5, 5.41) is 0. The summed E-state index contributed by atoms with van der Waals surface area (Å²) in [5.74, 6) is 0.749. The first-order valence-corrected chi connectivity index (χ1v) is 5.25. The fraction of sp³-hybridized carbons (Fsp3) is 0.500. The maximum atomic E-state index is 5.83. The zero-order valence-electron chi connectivity index (χ0n) is 10.0. The largest absolute Gasteiger partial charge is 0.495 e. The normalized spacial score (nSPS) is 10.1. The van der Waals surface area contributed by atoms with Gasteiger partial charge < -0.3 is 15.4 Å². The van der Waals surface area contributed by atoms with E-state index >= 15 is 0 Å². The summed E-state index contributed by atoms with van der Waals surface area (Å²) in [4.78, 5) is 2.22. The molecule has 0 bridgehead atoms. The molecule has 2 N–H and O–H groups in total. The van der Waals surface area contributed by atoms with Crippen molar-refractivity contribution >= 4 is 11.4 Å². The molecule has 0 atom stereocenters. The molecule has 0 aliphatic carbocycles. The highest BCUT2D eigenvalue weighted by molar-refractivity contribution is 5.66. The van der Waals surface area contributed by atoms with Gasteiger partial charge in [-0.05, 0) is 25.0 Å². The van der Waals surface area contributed by atoms with Crippen molar-refractivity contribution in [3.8, 4) is 5.75 Å². The van der Waals surface area contributed by atoms with E-state index < -0.39 is 0 Å². The van der Waals surface area contributed by atoms with Crippen LogP contribution in [-0.2, 0) is 0 Å². The average Bonchev–Trinajstić information content (AvgIpc) is 2.18. The van der Waals surface area contributed by atoms with Gasteiger partial charge in [-0.25, -0.2) is 0 Å². The fourth-order valence-electron chi connectivity index (χ4n) is 1.74. The zero-order valence-corrected chi connectivity index (χ0v) is 10.0. The van der Waals surface area contributed by atoms with E-state index in [1.165, 1.54) is 11.3 Å². The highest BCUT2D eigenvalue weighted by atomic mass is 16.5. The smallest absolute Gasteiger partial charge is 0.143 e. The molecule has 1 aromatic rings. The minimum Gasteiger partial charge on any atom is -0.495 e. The van der Waals surface area contributed by atoms with E-state index in [-0.39, 0.29) is 0 Å². The van der Waals surface area contributed by atoms with Gasteiger partial charge in [-0.1, -0.05) is 6.92 Å². The van der Waals surface area contributed by atoms with E-state index in [1.54, 1.807) is 7.11 Å². The number of nitrogen functional groups attached to an aromatic ring is 1. The topological polar surface area (TPSA) is 38.5 Å². The predicted molar refractivity (Wildman–Crippen MR) is 65.7 cm³/mol. The highest BCUT2D eigenvalue weighted by Gasteiger charge is 2.08. The average molecular weight is 208 g/mol. The summed E-state index contributed by atoms with van der Waals surface area (Å²) in [5.41, 5.74) is 8.90. The molecule has 0 aliphatic heterocycles. The van der Waals surface area contributed by atoms with Gasteiger partial charge in [0.25, 0.3) is 0 Å². The van der Waals surface area contributed by atoms with Crippen molar-refractivity contribution in [3.05, 3.63) is 17.7 Å². The molecule has 0 aromatic heterocycles. The van der Waals surface area contributed by atoms with Crippen molar-refractivity contribution in [2.45, 2.75) is 20.3 Å². The lowest BCUT2D eigenvalue weighted by Gasteiger charge is -2.22. The van der Waals surface area contributed by atoms with Gasteiger partial charge in [0, 0.05) is 25.3 Å². The first-order chi connectivity index (χ1) is 7.10. The summed E-state index contributed by atoms with van der Waals surface area (Å²) in [6, 6.07) is 3.96. The summed E-state index contributed by atoms with van der Waals surface area (Å²) in [6.07, 6.45) is 1.13. The van der Waals surface area contributed by atoms with Crippen molar-refractivity contribution in [3.63, 3.8) is 0 Å². The monoisotopic (exact) mass is 208 g/mol. The summed E-state index contributed by atoms with van der Waals surface area (Å²) >= 11 is 0. The van der Waals surface area contributed by atoms with Gasteiger partial charge in [-0.2, -0.15) is 0 Å². The van der Waals surface area contributed by atoms with E-state index in [9.17, 15) is 0 Å². The van der Waals surface area contributed by atoms with Crippen molar-refractivity contribution < 1.29 is 4.74 Å². The second-order valence-electron chi connectivity index (χ2n) is 3.80. The van der Waals surface area contributed by atoms with Gasteiger partial charge in [-0.15, -0.1) is 0 Å². The number of hydrogen-bond donors (Lipinski definition) is 1. The molecule has 15 heavy (non-hydrogen) atoms. The third-order valence-electron chi connectivity index (χ3n) is 2.52. The molecule has 1 rings (SSSR count). The van der Waals surface area contributed by atoms with Gasteiger partial charge in [-0.3, -0.25) is 0 Å². The first-order valence-electron chi connectivity index (χ1n) is 5.25. The number of aryl methyl sites for hydroxylation is 1. The third kappa shape index (κ3) is 2.55. The number of methoxy groups -OCH3 is 1. The van der Waals surface area contributed by atoms with Crippen LogP contribution in [0.5, 0.6) is 5.75 Å². The molecule has 0 radical (unpaired) electrons. The molecule has 84 valence electrons. The van der Waals surface area contributed by atoms with Crippen LogP contribution >= 0.6 is 0 Å². The Morgan fingerprint density at radius 2 is 2.07 bits per heavy atom. The van der Waals surface area contributed by atoms with Crippen molar-refractivity contribution in [2.24, 2.45) is 0 Å². The van der Waals surface area contributed by atoms with Crippen LogP contribution in [0.25, 0.3) is 0 Å². The number of benzene rings is 1.